The van der Waals surface area contributed by atoms with Gasteiger partial charge in [0.1, 0.15) is 10.1 Å². The maximum atomic E-state index is 4.78. The van der Waals surface area contributed by atoms with E-state index in [9.17, 15) is 0 Å². The summed E-state index contributed by atoms with van der Waals surface area (Å²) in [5, 5.41) is 38.2. The summed E-state index contributed by atoms with van der Waals surface area (Å²) in [5.74, 6) is 0.944. The van der Waals surface area contributed by atoms with Crippen molar-refractivity contribution in [1.29, 1.82) is 0 Å². The molecule has 0 radical (unpaired) electrons. The van der Waals surface area contributed by atoms with Crippen LogP contribution in [-0.2, 0) is 13.1 Å². The lowest BCUT2D eigenvalue weighted by Crippen LogP contribution is -2.03. The Hall–Kier alpha value is -4.90. The summed E-state index contributed by atoms with van der Waals surface area (Å²) < 4.78 is 5.70. The van der Waals surface area contributed by atoms with Crippen LogP contribution in [0.5, 0.6) is 0 Å². The van der Waals surface area contributed by atoms with E-state index in [4.69, 9.17) is 20.4 Å². The Bertz CT molecular complexity index is 2190. The van der Waals surface area contributed by atoms with Crippen molar-refractivity contribution in [2.75, 3.05) is 0 Å². The molecule has 0 saturated carbocycles. The second-order valence-corrected chi connectivity index (χ2v) is 14.9. The quantitative estimate of drug-likeness (QED) is 0.120. The number of hydrogen-bond acceptors (Lipinski definition) is 10. The Morgan fingerprint density at radius 3 is 1.30 bits per heavy atom. The van der Waals surface area contributed by atoms with Crippen LogP contribution in [0.2, 0.25) is 0 Å². The van der Waals surface area contributed by atoms with Crippen molar-refractivity contribution >= 4 is 53.4 Å². The molecule has 4 aromatic carbocycles. The molecule has 12 nitrogen and oxygen atoms in total. The predicted molar refractivity (Wildman–Crippen MR) is 199 cm³/mol. The van der Waals surface area contributed by atoms with E-state index < -0.39 is 0 Å². The van der Waals surface area contributed by atoms with Crippen molar-refractivity contribution in [2.24, 2.45) is 0 Å². The predicted octanol–water partition coefficient (Wildman–Crippen LogP) is 7.79. The Balaban J connectivity index is 1.16. The molecule has 0 atom stereocenters. The van der Waals surface area contributed by atoms with Gasteiger partial charge in [0.25, 0.3) is 0 Å². The topological polar surface area (TPSA) is 123 Å². The van der Waals surface area contributed by atoms with Gasteiger partial charge in [-0.05, 0) is 91.7 Å². The number of halogens is 2. The summed E-state index contributed by atoms with van der Waals surface area (Å²) in [6.07, 6.45) is 3.55. The van der Waals surface area contributed by atoms with Crippen LogP contribution >= 0.6 is 53.4 Å². The van der Waals surface area contributed by atoms with Gasteiger partial charge in [-0.2, -0.15) is 19.8 Å². The van der Waals surface area contributed by atoms with Gasteiger partial charge in [0.2, 0.25) is 11.6 Å². The molecule has 0 aliphatic heterocycles. The molecule has 0 aliphatic carbocycles. The molecule has 8 rings (SSSR count). The lowest BCUT2D eigenvalue weighted by atomic mass is 10.2. The molecule has 8 aromatic rings. The fraction of sp³-hybridized carbons (Fsp3) is 0.0588. The molecular formula is C34H24Br2N12S2. The van der Waals surface area contributed by atoms with Crippen LogP contribution in [0.3, 0.4) is 0 Å². The zero-order valence-electron chi connectivity index (χ0n) is 25.9. The summed E-state index contributed by atoms with van der Waals surface area (Å²) >= 11 is 7.10. The van der Waals surface area contributed by atoms with Gasteiger partial charge in [0.15, 0.2) is 0 Å². The highest BCUT2D eigenvalue weighted by Gasteiger charge is 2.24. The standard InChI is InChI=1S/C34H24Br2N12S2/c35-25-11-15-27(16-12-25)47-33(29(19-37-47)31-39-43-45(41-31)21-23-7-3-1-4-8-23)49-50-34-30(20-38-48(34)28-17-13-26(36)14-18-28)32-40-44-46(42-32)22-24-9-5-2-6-10-24/h1-20H,21-22H2. The number of tetrazole rings is 2. The number of nitrogens with zero attached hydrogens (tertiary/aromatic N) is 12. The largest absolute Gasteiger partial charge is 0.226 e. The van der Waals surface area contributed by atoms with E-state index in [0.29, 0.717) is 24.7 Å². The van der Waals surface area contributed by atoms with Crippen molar-refractivity contribution < 1.29 is 0 Å². The van der Waals surface area contributed by atoms with Crippen molar-refractivity contribution in [3.63, 3.8) is 0 Å². The normalized spacial score (nSPS) is 11.3. The van der Waals surface area contributed by atoms with Gasteiger partial charge < -0.3 is 0 Å². The highest BCUT2D eigenvalue weighted by atomic mass is 79.9. The van der Waals surface area contributed by atoms with Gasteiger partial charge >= 0.3 is 0 Å². The molecule has 0 bridgehead atoms. The summed E-state index contributed by atoms with van der Waals surface area (Å²) in [5.41, 5.74) is 5.41. The van der Waals surface area contributed by atoms with E-state index in [1.165, 1.54) is 21.6 Å². The molecule has 0 N–H and O–H groups in total. The molecule has 16 heteroatoms. The molecule has 50 heavy (non-hydrogen) atoms. The molecule has 0 unspecified atom stereocenters. The number of benzene rings is 4. The summed E-state index contributed by atoms with van der Waals surface area (Å²) in [6, 6.07) is 36.0. The van der Waals surface area contributed by atoms with E-state index in [0.717, 1.165) is 52.6 Å². The summed E-state index contributed by atoms with van der Waals surface area (Å²) in [6.45, 7) is 0.999. The van der Waals surface area contributed by atoms with Gasteiger partial charge in [0.05, 0.1) is 48.0 Å². The minimum absolute atomic E-state index is 0.472. The SMILES string of the molecule is Brc1ccc(-n2ncc(-c3nnn(Cc4ccccc4)n3)c2SSc2c(-c3nnn(Cc4ccccc4)n3)cnn2-c2ccc(Br)cc2)cc1. The molecule has 0 amide bonds. The Morgan fingerprint density at radius 1 is 0.500 bits per heavy atom. The second-order valence-electron chi connectivity index (χ2n) is 10.9. The average molecular weight is 825 g/mol. The van der Waals surface area contributed by atoms with E-state index >= 15 is 0 Å². The van der Waals surface area contributed by atoms with Gasteiger partial charge in [-0.3, -0.25) is 0 Å². The summed E-state index contributed by atoms with van der Waals surface area (Å²) in [4.78, 5) is 3.18. The molecule has 246 valence electrons. The Labute approximate surface area is 310 Å². The van der Waals surface area contributed by atoms with Crippen molar-refractivity contribution in [3.05, 3.63) is 142 Å². The van der Waals surface area contributed by atoms with Gasteiger partial charge in [-0.15, -0.1) is 20.4 Å². The van der Waals surface area contributed by atoms with Crippen LogP contribution in [0, 0.1) is 0 Å². The van der Waals surface area contributed by atoms with Crippen LogP contribution in [0.15, 0.2) is 141 Å². The third kappa shape index (κ3) is 7.05. The van der Waals surface area contributed by atoms with Gasteiger partial charge in [0, 0.05) is 8.95 Å². The van der Waals surface area contributed by atoms with Crippen LogP contribution in [-0.4, -0.2) is 60.0 Å². The fourth-order valence-electron chi connectivity index (χ4n) is 5.08. The van der Waals surface area contributed by atoms with E-state index in [-0.39, 0.29) is 0 Å². The van der Waals surface area contributed by atoms with E-state index in [2.05, 4.69) is 52.5 Å². The molecule has 0 fully saturated rings. The van der Waals surface area contributed by atoms with Gasteiger partial charge in [-0.1, -0.05) is 92.5 Å². The number of hydrogen-bond donors (Lipinski definition) is 0. The Morgan fingerprint density at radius 2 is 0.900 bits per heavy atom. The molecule has 0 saturated heterocycles. The first-order chi connectivity index (χ1) is 24.6. The smallest absolute Gasteiger partial charge is 0.209 e. The lowest BCUT2D eigenvalue weighted by Gasteiger charge is -2.11. The van der Waals surface area contributed by atoms with Crippen molar-refractivity contribution in [2.45, 2.75) is 23.1 Å². The molecule has 4 heterocycles. The highest BCUT2D eigenvalue weighted by molar-refractivity contribution is 9.10. The summed E-state index contributed by atoms with van der Waals surface area (Å²) in [7, 11) is 3.02. The Kier molecular flexibility index (Phi) is 9.39. The second kappa shape index (κ2) is 14.5. The minimum atomic E-state index is 0.472. The van der Waals surface area contributed by atoms with Crippen LogP contribution < -0.4 is 0 Å². The fourth-order valence-corrected chi connectivity index (χ4v) is 8.12. The maximum Gasteiger partial charge on any atom is 0.209 e. The van der Waals surface area contributed by atoms with Gasteiger partial charge in [-0.25, -0.2) is 9.36 Å². The number of rotatable bonds is 11. The first kappa shape index (κ1) is 32.3. The van der Waals surface area contributed by atoms with E-state index in [1.54, 1.807) is 22.0 Å². The molecule has 4 aromatic heterocycles. The molecule has 0 spiro atoms. The lowest BCUT2D eigenvalue weighted by molar-refractivity contribution is 0.573. The molecule has 0 aliphatic rings. The zero-order chi connectivity index (χ0) is 33.9. The first-order valence-corrected chi connectivity index (χ1v) is 19.0. The maximum absolute atomic E-state index is 4.78. The average Bonchev–Trinajstić information content (AvgIpc) is 3.96. The van der Waals surface area contributed by atoms with Crippen LogP contribution in [0.4, 0.5) is 0 Å². The van der Waals surface area contributed by atoms with Crippen molar-refractivity contribution in [1.82, 2.24) is 60.0 Å². The third-order valence-corrected chi connectivity index (χ3v) is 11.0. The van der Waals surface area contributed by atoms with Crippen molar-refractivity contribution in [3.8, 4) is 34.2 Å². The van der Waals surface area contributed by atoms with Crippen LogP contribution in [0.1, 0.15) is 11.1 Å². The zero-order valence-corrected chi connectivity index (χ0v) is 30.7. The highest BCUT2D eigenvalue weighted by Crippen LogP contribution is 2.45. The van der Waals surface area contributed by atoms with Crippen LogP contribution in [0.25, 0.3) is 34.2 Å². The third-order valence-electron chi connectivity index (χ3n) is 7.51. The monoisotopic (exact) mass is 822 g/mol. The number of aromatic nitrogens is 12. The minimum Gasteiger partial charge on any atom is -0.226 e. The first-order valence-electron chi connectivity index (χ1n) is 15.2. The molecular weight excluding hydrogens is 800 g/mol. The van der Waals surface area contributed by atoms with E-state index in [1.807, 2.05) is 119 Å².